The number of rotatable bonds is 4. The second-order valence-corrected chi connectivity index (χ2v) is 8.75. The summed E-state index contributed by atoms with van der Waals surface area (Å²) >= 11 is 0. The van der Waals surface area contributed by atoms with Gasteiger partial charge < -0.3 is 24.6 Å². The molecule has 10 heteroatoms. The maximum absolute atomic E-state index is 13.3. The van der Waals surface area contributed by atoms with E-state index in [1.54, 1.807) is 42.2 Å². The topological polar surface area (TPSA) is 114 Å². The second kappa shape index (κ2) is 11.7. The number of aromatic nitrogens is 2. The van der Waals surface area contributed by atoms with Crippen molar-refractivity contribution in [1.82, 2.24) is 19.8 Å². The van der Waals surface area contributed by atoms with E-state index in [1.807, 2.05) is 20.8 Å². The van der Waals surface area contributed by atoms with Crippen LogP contribution in [0.25, 0.3) is 0 Å². The van der Waals surface area contributed by atoms with Gasteiger partial charge in [0.25, 0.3) is 11.8 Å². The quantitative estimate of drug-likeness (QED) is 0.711. The van der Waals surface area contributed by atoms with Crippen molar-refractivity contribution in [1.29, 1.82) is 0 Å². The van der Waals surface area contributed by atoms with Crippen molar-refractivity contribution in [2.24, 2.45) is 5.92 Å². The molecule has 1 N–H and O–H groups in total. The molecule has 0 unspecified atom stereocenters. The number of benzene rings is 1. The Labute approximate surface area is 205 Å². The van der Waals surface area contributed by atoms with Gasteiger partial charge in [0.2, 0.25) is 5.91 Å². The number of nitrogens with one attached hydrogen (secondary N) is 1. The number of likely N-dealkylation sites (N-methyl/N-ethyl adjacent to an activating group) is 1. The van der Waals surface area contributed by atoms with E-state index >= 15 is 0 Å². The summed E-state index contributed by atoms with van der Waals surface area (Å²) in [5.74, 6) is -0.312. The Hall–Kier alpha value is -3.53. The van der Waals surface area contributed by atoms with Crippen LogP contribution in [0.15, 0.2) is 36.8 Å². The van der Waals surface area contributed by atoms with Crippen LogP contribution in [0, 0.1) is 5.92 Å². The van der Waals surface area contributed by atoms with Gasteiger partial charge in [-0.2, -0.15) is 0 Å². The highest BCUT2D eigenvalue weighted by molar-refractivity contribution is 6.03. The molecule has 1 aliphatic rings. The number of carbonyl (C=O) groups is 3. The number of fused-ring (bicyclic) bond motifs is 1. The largest absolute Gasteiger partial charge is 0.491 e. The third-order valence-electron chi connectivity index (χ3n) is 6.12. The van der Waals surface area contributed by atoms with Crippen molar-refractivity contribution in [2.75, 3.05) is 39.2 Å². The zero-order valence-corrected chi connectivity index (χ0v) is 20.9. The number of methoxy groups -OCH3 is 1. The molecule has 3 rings (SSSR count). The Morgan fingerprint density at radius 1 is 1.23 bits per heavy atom. The molecule has 2 heterocycles. The number of hydrogen-bond acceptors (Lipinski definition) is 7. The number of hydrogen-bond donors (Lipinski definition) is 1. The predicted molar refractivity (Wildman–Crippen MR) is 130 cm³/mol. The van der Waals surface area contributed by atoms with Crippen molar-refractivity contribution >= 4 is 23.4 Å². The molecule has 35 heavy (non-hydrogen) atoms. The SMILES string of the molecule is CCC(=O)N1C[C@H](C)[C@H](OC)CN(C)C(=O)c2ccc(NC(=O)c3cnccn3)cc2OC[C@H]1C. The number of ether oxygens (including phenoxy) is 2. The van der Waals surface area contributed by atoms with E-state index in [-0.39, 0.29) is 42.2 Å². The minimum atomic E-state index is -0.431. The van der Waals surface area contributed by atoms with Crippen molar-refractivity contribution in [3.05, 3.63) is 48.0 Å². The van der Waals surface area contributed by atoms with Crippen LogP contribution in [-0.4, -0.2) is 83.5 Å². The average molecular weight is 484 g/mol. The predicted octanol–water partition coefficient (Wildman–Crippen LogP) is 2.47. The number of carbonyl (C=O) groups excluding carboxylic acids is 3. The number of anilines is 1. The lowest BCUT2D eigenvalue weighted by atomic mass is 10.0. The summed E-state index contributed by atoms with van der Waals surface area (Å²) in [6.45, 7) is 6.78. The van der Waals surface area contributed by atoms with Crippen molar-refractivity contribution < 1.29 is 23.9 Å². The summed E-state index contributed by atoms with van der Waals surface area (Å²) < 4.78 is 11.8. The Balaban J connectivity index is 1.94. The van der Waals surface area contributed by atoms with Gasteiger partial charge in [0.1, 0.15) is 18.1 Å². The minimum Gasteiger partial charge on any atom is -0.491 e. The zero-order chi connectivity index (χ0) is 25.5. The molecular weight excluding hydrogens is 450 g/mol. The first-order chi connectivity index (χ1) is 16.7. The van der Waals surface area contributed by atoms with Crippen molar-refractivity contribution in [3.8, 4) is 5.75 Å². The fraction of sp³-hybridized carbons (Fsp3) is 0.480. The molecule has 2 aromatic rings. The zero-order valence-electron chi connectivity index (χ0n) is 20.9. The maximum Gasteiger partial charge on any atom is 0.275 e. The molecule has 0 bridgehead atoms. The van der Waals surface area contributed by atoms with Gasteiger partial charge in [0, 0.05) is 63.7 Å². The molecule has 10 nitrogen and oxygen atoms in total. The number of nitrogens with zero attached hydrogens (tertiary/aromatic N) is 4. The molecule has 3 atom stereocenters. The van der Waals surface area contributed by atoms with E-state index in [2.05, 4.69) is 15.3 Å². The van der Waals surface area contributed by atoms with Gasteiger partial charge in [-0.05, 0) is 19.1 Å². The normalized spacial score (nSPS) is 21.3. The van der Waals surface area contributed by atoms with Crippen LogP contribution in [0.1, 0.15) is 48.0 Å². The third-order valence-corrected chi connectivity index (χ3v) is 6.12. The van der Waals surface area contributed by atoms with Gasteiger partial charge in [-0.25, -0.2) is 4.98 Å². The van der Waals surface area contributed by atoms with Crippen LogP contribution in [0.3, 0.4) is 0 Å². The van der Waals surface area contributed by atoms with Crippen LogP contribution >= 0.6 is 0 Å². The molecule has 188 valence electrons. The molecule has 0 aliphatic carbocycles. The van der Waals surface area contributed by atoms with Gasteiger partial charge in [-0.3, -0.25) is 19.4 Å². The average Bonchev–Trinajstić information content (AvgIpc) is 2.87. The van der Waals surface area contributed by atoms with E-state index < -0.39 is 5.91 Å². The molecule has 0 fully saturated rings. The lowest BCUT2D eigenvalue weighted by Crippen LogP contribution is -2.48. The first-order valence-corrected chi connectivity index (χ1v) is 11.7. The fourth-order valence-electron chi connectivity index (χ4n) is 4.01. The Kier molecular flexibility index (Phi) is 8.75. The summed E-state index contributed by atoms with van der Waals surface area (Å²) in [4.78, 5) is 49.8. The number of amides is 3. The summed E-state index contributed by atoms with van der Waals surface area (Å²) in [5.41, 5.74) is 0.965. The molecule has 1 aromatic heterocycles. The third kappa shape index (κ3) is 6.33. The first-order valence-electron chi connectivity index (χ1n) is 11.7. The van der Waals surface area contributed by atoms with Gasteiger partial charge in [-0.15, -0.1) is 0 Å². The fourth-order valence-corrected chi connectivity index (χ4v) is 4.01. The first kappa shape index (κ1) is 26.1. The molecule has 1 aliphatic heterocycles. The molecule has 0 spiro atoms. The lowest BCUT2D eigenvalue weighted by molar-refractivity contribution is -0.135. The van der Waals surface area contributed by atoms with Gasteiger partial charge in [-0.1, -0.05) is 13.8 Å². The summed E-state index contributed by atoms with van der Waals surface area (Å²) in [5, 5.41) is 2.76. The minimum absolute atomic E-state index is 0.00534. The Morgan fingerprint density at radius 3 is 2.66 bits per heavy atom. The summed E-state index contributed by atoms with van der Waals surface area (Å²) in [6, 6.07) is 4.63. The van der Waals surface area contributed by atoms with Crippen LogP contribution in [0.4, 0.5) is 5.69 Å². The maximum atomic E-state index is 13.3. The molecule has 0 saturated carbocycles. The molecular formula is C25H33N5O5. The van der Waals surface area contributed by atoms with Crippen LogP contribution in [0.5, 0.6) is 5.75 Å². The summed E-state index contributed by atoms with van der Waals surface area (Å²) in [6.07, 6.45) is 4.41. The summed E-state index contributed by atoms with van der Waals surface area (Å²) in [7, 11) is 3.32. The van der Waals surface area contributed by atoms with E-state index in [0.717, 1.165) is 0 Å². The highest BCUT2D eigenvalue weighted by atomic mass is 16.5. The van der Waals surface area contributed by atoms with Crippen molar-refractivity contribution in [3.63, 3.8) is 0 Å². The van der Waals surface area contributed by atoms with Gasteiger partial charge in [0.15, 0.2) is 0 Å². The van der Waals surface area contributed by atoms with E-state index in [4.69, 9.17) is 9.47 Å². The van der Waals surface area contributed by atoms with Crippen LogP contribution < -0.4 is 10.1 Å². The highest BCUT2D eigenvalue weighted by Gasteiger charge is 2.30. The molecule has 3 amide bonds. The Bertz CT molecular complexity index is 1050. The monoisotopic (exact) mass is 483 g/mol. The molecule has 0 radical (unpaired) electrons. The standard InChI is InChI=1S/C25H33N5O5/c1-6-23(31)30-13-16(2)22(34-5)14-29(4)25(33)19-8-7-18(11-21(19)35-15-17(30)3)28-24(32)20-12-26-9-10-27-20/h7-12,16-17,22H,6,13-15H2,1-5H3,(H,28,32)/t16-,17+,22+/m0/s1. The molecule has 0 saturated heterocycles. The Morgan fingerprint density at radius 2 is 2.00 bits per heavy atom. The highest BCUT2D eigenvalue weighted by Crippen LogP contribution is 2.27. The molecule has 1 aromatic carbocycles. The van der Waals surface area contributed by atoms with Gasteiger partial charge >= 0.3 is 0 Å². The van der Waals surface area contributed by atoms with E-state index in [1.165, 1.54) is 18.6 Å². The van der Waals surface area contributed by atoms with Crippen LogP contribution in [-0.2, 0) is 9.53 Å². The van der Waals surface area contributed by atoms with E-state index in [0.29, 0.717) is 36.5 Å². The van der Waals surface area contributed by atoms with E-state index in [9.17, 15) is 14.4 Å². The van der Waals surface area contributed by atoms with Crippen molar-refractivity contribution in [2.45, 2.75) is 39.3 Å². The van der Waals surface area contributed by atoms with Gasteiger partial charge in [0.05, 0.1) is 23.9 Å². The smallest absolute Gasteiger partial charge is 0.275 e. The van der Waals surface area contributed by atoms with Crippen LogP contribution in [0.2, 0.25) is 0 Å². The second-order valence-electron chi connectivity index (χ2n) is 8.75. The lowest BCUT2D eigenvalue weighted by Gasteiger charge is -2.36.